The molecule has 0 aromatic rings. The van der Waals surface area contributed by atoms with Crippen LogP contribution in [0.1, 0.15) is 126 Å². The smallest absolute Gasteiger partial charge is 0.0571 e. The lowest BCUT2D eigenvalue weighted by atomic mass is 9.30. The lowest BCUT2D eigenvalue weighted by Crippen LogP contribution is -2.67. The van der Waals surface area contributed by atoms with Gasteiger partial charge in [-0.25, -0.2) is 0 Å². The van der Waals surface area contributed by atoms with Crippen LogP contribution in [0.15, 0.2) is 0 Å². The molecule has 5 fully saturated rings. The topological polar surface area (TPSA) is 20.2 Å². The van der Waals surface area contributed by atoms with Crippen LogP contribution in [0.5, 0.6) is 0 Å². The maximum atomic E-state index is 10.7. The Balaban J connectivity index is 1.54. The molecule has 0 heterocycles. The Morgan fingerprint density at radius 2 is 1.19 bits per heavy atom. The van der Waals surface area contributed by atoms with E-state index in [1.165, 1.54) is 64.2 Å². The molecule has 10 atom stereocenters. The third-order valence-corrected chi connectivity index (χ3v) is 13.9. The molecule has 0 saturated heterocycles. The third-order valence-electron chi connectivity index (χ3n) is 13.9. The van der Waals surface area contributed by atoms with E-state index in [0.717, 1.165) is 24.2 Å². The van der Waals surface area contributed by atoms with Crippen molar-refractivity contribution in [1.82, 2.24) is 0 Å². The van der Waals surface area contributed by atoms with Gasteiger partial charge < -0.3 is 5.11 Å². The highest BCUT2D eigenvalue weighted by atomic mass is 16.3. The van der Waals surface area contributed by atoms with Gasteiger partial charge in [0.1, 0.15) is 0 Å². The van der Waals surface area contributed by atoms with Gasteiger partial charge in [-0.2, -0.15) is 0 Å². The second-order valence-corrected chi connectivity index (χ2v) is 15.5. The van der Waals surface area contributed by atoms with E-state index < -0.39 is 0 Å². The fraction of sp³-hybridized carbons (Fsp3) is 1.00. The number of aliphatic hydroxyl groups is 1. The maximum Gasteiger partial charge on any atom is 0.0571 e. The molecule has 1 nitrogen and oxygen atoms in total. The van der Waals surface area contributed by atoms with Gasteiger partial charge in [-0.05, 0) is 127 Å². The fourth-order valence-corrected chi connectivity index (χ4v) is 11.4. The summed E-state index contributed by atoms with van der Waals surface area (Å²) in [7, 11) is 0. The normalized spacial score (nSPS) is 60.9. The minimum absolute atomic E-state index is 0.0781. The first kappa shape index (κ1) is 22.7. The van der Waals surface area contributed by atoms with Crippen molar-refractivity contribution in [3.05, 3.63) is 0 Å². The summed E-state index contributed by atoms with van der Waals surface area (Å²) in [6.45, 7) is 20.9. The predicted molar refractivity (Wildman–Crippen MR) is 131 cm³/mol. The monoisotopic (exact) mass is 428 g/mol. The summed E-state index contributed by atoms with van der Waals surface area (Å²) in [5.74, 6) is 3.02. The molecule has 0 radical (unpaired) electrons. The highest BCUT2D eigenvalue weighted by molar-refractivity contribution is 5.19. The average molecular weight is 429 g/mol. The van der Waals surface area contributed by atoms with Gasteiger partial charge in [0.25, 0.3) is 0 Å². The molecule has 0 aliphatic heterocycles. The molecule has 1 heteroatoms. The maximum absolute atomic E-state index is 10.7. The predicted octanol–water partition coefficient (Wildman–Crippen LogP) is 8.25. The van der Waals surface area contributed by atoms with Crippen LogP contribution in [0, 0.1) is 56.2 Å². The summed E-state index contributed by atoms with van der Waals surface area (Å²) in [5.41, 5.74) is 2.88. The van der Waals surface area contributed by atoms with Crippen LogP contribution in [-0.4, -0.2) is 11.2 Å². The number of hydrogen-bond acceptors (Lipinski definition) is 1. The minimum atomic E-state index is -0.0781. The van der Waals surface area contributed by atoms with Crippen molar-refractivity contribution in [1.29, 1.82) is 0 Å². The molecule has 0 bridgehead atoms. The van der Waals surface area contributed by atoms with Crippen molar-refractivity contribution >= 4 is 0 Å². The largest absolute Gasteiger partial charge is 0.393 e. The van der Waals surface area contributed by atoms with Gasteiger partial charge in [-0.3, -0.25) is 0 Å². The summed E-state index contributed by atoms with van der Waals surface area (Å²) in [6, 6.07) is 0. The zero-order chi connectivity index (χ0) is 22.7. The SMILES string of the molecule is C[C@@H]1[C@H](O)CC[C@@H]2[C@]1(C)CC[C@H]1[C@@]2(C)CC[C@@]2(C)[C@H]3CC(C)(C)CC[C@]3(C)CC[C@@]12C. The second-order valence-electron chi connectivity index (χ2n) is 15.5. The van der Waals surface area contributed by atoms with Gasteiger partial charge in [-0.15, -0.1) is 0 Å². The molecule has 0 unspecified atom stereocenters. The van der Waals surface area contributed by atoms with E-state index in [0.29, 0.717) is 38.4 Å². The molecule has 5 rings (SSSR count). The van der Waals surface area contributed by atoms with Crippen molar-refractivity contribution < 1.29 is 5.11 Å². The standard InChI is InChI=1S/C30H52O/c1-20-21(31)9-10-22-27(20,5)12-11-23-28(22,6)16-18-30(8)24-19-25(2,3)13-14-26(24,4)15-17-29(23,30)7/h20-24,31H,9-19H2,1-8H3/t20-,21-,22-,23+,24+,26-,27-,28+,29+,30+/m1/s1. The van der Waals surface area contributed by atoms with Gasteiger partial charge in [0, 0.05) is 0 Å². The molecule has 178 valence electrons. The summed E-state index contributed by atoms with van der Waals surface area (Å²) in [4.78, 5) is 0. The first-order valence-corrected chi connectivity index (χ1v) is 13.9. The van der Waals surface area contributed by atoms with Gasteiger partial charge in [-0.1, -0.05) is 55.4 Å². The summed E-state index contributed by atoms with van der Waals surface area (Å²) < 4.78 is 0. The van der Waals surface area contributed by atoms with Crippen LogP contribution in [0.4, 0.5) is 0 Å². The average Bonchev–Trinajstić information content (AvgIpc) is 2.69. The third kappa shape index (κ3) is 2.77. The molecule has 5 aliphatic rings. The summed E-state index contributed by atoms with van der Waals surface area (Å²) >= 11 is 0. The number of aliphatic hydroxyl groups excluding tert-OH is 1. The van der Waals surface area contributed by atoms with Crippen LogP contribution in [0.2, 0.25) is 0 Å². The molecule has 0 aromatic heterocycles. The Morgan fingerprint density at radius 3 is 1.90 bits per heavy atom. The summed E-state index contributed by atoms with van der Waals surface area (Å²) in [6.07, 6.45) is 15.1. The molecule has 5 aliphatic carbocycles. The van der Waals surface area contributed by atoms with E-state index >= 15 is 0 Å². The second kappa shape index (κ2) is 6.55. The highest BCUT2D eigenvalue weighted by Crippen LogP contribution is 2.78. The zero-order valence-corrected chi connectivity index (χ0v) is 22.1. The van der Waals surface area contributed by atoms with E-state index in [9.17, 15) is 5.11 Å². The van der Waals surface area contributed by atoms with Crippen LogP contribution >= 0.6 is 0 Å². The van der Waals surface area contributed by atoms with E-state index in [1.807, 2.05) is 0 Å². The molecule has 0 spiro atoms. The Hall–Kier alpha value is -0.0400. The van der Waals surface area contributed by atoms with Gasteiger partial charge in [0.15, 0.2) is 0 Å². The van der Waals surface area contributed by atoms with Crippen LogP contribution in [0.25, 0.3) is 0 Å². The van der Waals surface area contributed by atoms with E-state index in [4.69, 9.17) is 0 Å². The fourth-order valence-electron chi connectivity index (χ4n) is 11.4. The zero-order valence-electron chi connectivity index (χ0n) is 22.1. The van der Waals surface area contributed by atoms with Crippen LogP contribution in [0.3, 0.4) is 0 Å². The lowest BCUT2D eigenvalue weighted by molar-refractivity contribution is -0.263. The minimum Gasteiger partial charge on any atom is -0.393 e. The number of hydrogen-bond donors (Lipinski definition) is 1. The van der Waals surface area contributed by atoms with E-state index in [1.54, 1.807) is 0 Å². The Kier molecular flexibility index (Phi) is 4.80. The molecule has 5 saturated carbocycles. The first-order chi connectivity index (χ1) is 14.2. The quantitative estimate of drug-likeness (QED) is 0.412. The molecular weight excluding hydrogens is 376 g/mol. The molecule has 0 aromatic carbocycles. The van der Waals surface area contributed by atoms with Crippen LogP contribution in [-0.2, 0) is 0 Å². The van der Waals surface area contributed by atoms with Gasteiger partial charge >= 0.3 is 0 Å². The van der Waals surface area contributed by atoms with Crippen molar-refractivity contribution in [3.8, 4) is 0 Å². The Morgan fingerprint density at radius 1 is 0.581 bits per heavy atom. The highest BCUT2D eigenvalue weighted by Gasteiger charge is 2.70. The molecule has 0 amide bonds. The molecule has 1 N–H and O–H groups in total. The van der Waals surface area contributed by atoms with Crippen molar-refractivity contribution in [2.45, 2.75) is 132 Å². The lowest BCUT2D eigenvalue weighted by Gasteiger charge is -2.75. The number of fused-ring (bicyclic) bond motifs is 7. The summed E-state index contributed by atoms with van der Waals surface area (Å²) in [5, 5.41) is 10.7. The van der Waals surface area contributed by atoms with Crippen molar-refractivity contribution in [2.75, 3.05) is 0 Å². The van der Waals surface area contributed by atoms with Gasteiger partial charge in [0.2, 0.25) is 0 Å². The van der Waals surface area contributed by atoms with Crippen LogP contribution < -0.4 is 0 Å². The number of rotatable bonds is 0. The molecule has 31 heavy (non-hydrogen) atoms. The van der Waals surface area contributed by atoms with Gasteiger partial charge in [0.05, 0.1) is 6.10 Å². The van der Waals surface area contributed by atoms with E-state index in [2.05, 4.69) is 55.4 Å². The van der Waals surface area contributed by atoms with Crippen molar-refractivity contribution in [3.63, 3.8) is 0 Å². The Bertz CT molecular complexity index is 741. The first-order valence-electron chi connectivity index (χ1n) is 13.9. The Labute approximate surface area is 193 Å². The van der Waals surface area contributed by atoms with Crippen molar-refractivity contribution in [2.24, 2.45) is 56.2 Å². The van der Waals surface area contributed by atoms with E-state index in [-0.39, 0.29) is 6.10 Å². The molecular formula is C30H52O.